The van der Waals surface area contributed by atoms with E-state index in [9.17, 15) is 40.5 Å². The SMILES string of the molecule is CC1OC(CCCN(CCCCCC(=O)On2c(O)ccc2O)CCOC2OC(CO)CCC2O)C(O)C(O)C1O. The van der Waals surface area contributed by atoms with Crippen molar-refractivity contribution in [3.8, 4) is 11.8 Å². The summed E-state index contributed by atoms with van der Waals surface area (Å²) in [5.41, 5.74) is 0. The van der Waals surface area contributed by atoms with E-state index >= 15 is 0 Å². The van der Waals surface area contributed by atoms with Crippen LogP contribution in [0.25, 0.3) is 0 Å². The van der Waals surface area contributed by atoms with Gasteiger partial charge in [-0.2, -0.15) is 0 Å². The molecule has 2 fully saturated rings. The number of nitrogens with zero attached hydrogens (tertiary/aromatic N) is 2. The van der Waals surface area contributed by atoms with Gasteiger partial charge in [0.2, 0.25) is 11.8 Å². The van der Waals surface area contributed by atoms with E-state index in [2.05, 4.69) is 4.90 Å². The number of ether oxygens (including phenoxy) is 3. The summed E-state index contributed by atoms with van der Waals surface area (Å²) in [5.74, 6) is -1.34. The normalized spacial score (nSPS) is 30.5. The van der Waals surface area contributed by atoms with Crippen molar-refractivity contribution in [2.45, 2.75) is 107 Å². The highest BCUT2D eigenvalue weighted by molar-refractivity contribution is 5.69. The van der Waals surface area contributed by atoms with Crippen LogP contribution in [0.5, 0.6) is 11.8 Å². The molecule has 0 bridgehead atoms. The molecule has 8 unspecified atom stereocenters. The van der Waals surface area contributed by atoms with Crippen molar-refractivity contribution >= 4 is 5.97 Å². The van der Waals surface area contributed by atoms with Crippen molar-refractivity contribution in [1.29, 1.82) is 0 Å². The third-order valence-electron chi connectivity index (χ3n) is 7.58. The van der Waals surface area contributed by atoms with Crippen LogP contribution in [0.4, 0.5) is 0 Å². The molecule has 3 rings (SSSR count). The summed E-state index contributed by atoms with van der Waals surface area (Å²) < 4.78 is 17.8. The number of carbonyl (C=O) groups excluding carboxylic acids is 1. The Kier molecular flexibility index (Phi) is 13.5. The number of hydrogen-bond donors (Lipinski definition) is 7. The number of aromatic nitrogens is 1. The molecule has 1 aromatic rings. The Morgan fingerprint density at radius 3 is 2.37 bits per heavy atom. The Hall–Kier alpha value is -2.01. The summed E-state index contributed by atoms with van der Waals surface area (Å²) in [6.45, 7) is 3.62. The number of carbonyl (C=O) groups is 1. The van der Waals surface area contributed by atoms with Crippen LogP contribution in [0.2, 0.25) is 0 Å². The van der Waals surface area contributed by atoms with Crippen LogP contribution < -0.4 is 4.84 Å². The molecule has 3 heterocycles. The fraction of sp³-hybridized carbons (Fsp3) is 0.815. The maximum atomic E-state index is 12.1. The highest BCUT2D eigenvalue weighted by Crippen LogP contribution is 2.24. The summed E-state index contributed by atoms with van der Waals surface area (Å²) in [7, 11) is 0. The number of unbranched alkanes of at least 4 members (excludes halogenated alkanes) is 2. The largest absolute Gasteiger partial charge is 0.492 e. The number of rotatable bonds is 16. The predicted octanol–water partition coefficient (Wildman–Crippen LogP) is -0.758. The highest BCUT2D eigenvalue weighted by atomic mass is 16.7. The average Bonchev–Trinajstić information content (AvgIpc) is 3.27. The van der Waals surface area contributed by atoms with Gasteiger partial charge in [0, 0.05) is 25.1 Å². The zero-order valence-corrected chi connectivity index (χ0v) is 23.5. The van der Waals surface area contributed by atoms with Gasteiger partial charge in [-0.15, -0.1) is 4.73 Å². The molecule has 14 nitrogen and oxygen atoms in total. The Bertz CT molecular complexity index is 897. The van der Waals surface area contributed by atoms with Crippen molar-refractivity contribution in [3.05, 3.63) is 12.1 Å². The van der Waals surface area contributed by atoms with Crippen LogP contribution in [-0.4, -0.2) is 133 Å². The third-order valence-corrected chi connectivity index (χ3v) is 7.58. The van der Waals surface area contributed by atoms with Gasteiger partial charge in [0.25, 0.3) is 0 Å². The minimum absolute atomic E-state index is 0.104. The van der Waals surface area contributed by atoms with Crippen LogP contribution in [0, 0.1) is 0 Å². The van der Waals surface area contributed by atoms with Gasteiger partial charge < -0.3 is 59.7 Å². The lowest BCUT2D eigenvalue weighted by atomic mass is 9.93. The van der Waals surface area contributed by atoms with Crippen molar-refractivity contribution in [2.24, 2.45) is 0 Å². The van der Waals surface area contributed by atoms with Crippen LogP contribution in [0.1, 0.15) is 58.3 Å². The van der Waals surface area contributed by atoms with E-state index in [4.69, 9.17) is 19.0 Å². The highest BCUT2D eigenvalue weighted by Gasteiger charge is 2.41. The molecule has 0 aromatic carbocycles. The van der Waals surface area contributed by atoms with Gasteiger partial charge >= 0.3 is 5.97 Å². The van der Waals surface area contributed by atoms with E-state index in [1.165, 1.54) is 12.1 Å². The van der Waals surface area contributed by atoms with E-state index in [1.54, 1.807) is 6.92 Å². The van der Waals surface area contributed by atoms with E-state index in [-0.39, 0.29) is 37.5 Å². The molecule has 7 N–H and O–H groups in total. The molecule has 0 radical (unpaired) electrons. The van der Waals surface area contributed by atoms with Crippen molar-refractivity contribution in [2.75, 3.05) is 32.8 Å². The lowest BCUT2D eigenvalue weighted by Crippen LogP contribution is -2.56. The predicted molar refractivity (Wildman–Crippen MR) is 143 cm³/mol. The monoisotopic (exact) mass is 590 g/mol. The van der Waals surface area contributed by atoms with E-state index in [0.29, 0.717) is 62.9 Å². The molecule has 0 aliphatic carbocycles. The van der Waals surface area contributed by atoms with Gasteiger partial charge in [-0.05, 0) is 58.5 Å². The summed E-state index contributed by atoms with van der Waals surface area (Å²) in [6, 6.07) is 2.42. The number of aliphatic hydroxyl groups excluding tert-OH is 5. The summed E-state index contributed by atoms with van der Waals surface area (Å²) >= 11 is 0. The Morgan fingerprint density at radius 2 is 1.66 bits per heavy atom. The summed E-state index contributed by atoms with van der Waals surface area (Å²) in [4.78, 5) is 19.2. The average molecular weight is 591 g/mol. The van der Waals surface area contributed by atoms with Crippen molar-refractivity contribution in [3.63, 3.8) is 0 Å². The lowest BCUT2D eigenvalue weighted by molar-refractivity contribution is -0.245. The first-order valence-corrected chi connectivity index (χ1v) is 14.4. The molecule has 2 aliphatic heterocycles. The summed E-state index contributed by atoms with van der Waals surface area (Å²) in [5, 5.41) is 69.0. The van der Waals surface area contributed by atoms with Gasteiger partial charge in [-0.3, -0.25) is 0 Å². The molecule has 0 spiro atoms. The van der Waals surface area contributed by atoms with Crippen LogP contribution in [0.3, 0.4) is 0 Å². The molecule has 0 amide bonds. The second-order valence-electron chi connectivity index (χ2n) is 10.8. The minimum Gasteiger partial charge on any atom is -0.492 e. The standard InChI is InChI=1S/C27H46N2O12/c1-17-24(35)26(37)25(36)20(39-17)6-5-13-28(14-15-38-27-19(31)9-8-18(16-30)40-27)12-4-2-3-7-23(34)41-29-21(32)10-11-22(29)33/h10-11,17-20,24-27,30-33,35-37H,2-9,12-16H2,1H3. The molecule has 14 heteroatoms. The molecular weight excluding hydrogens is 544 g/mol. The number of aliphatic hydroxyl groups is 5. The van der Waals surface area contributed by atoms with Crippen LogP contribution >= 0.6 is 0 Å². The van der Waals surface area contributed by atoms with Gasteiger partial charge in [0.1, 0.15) is 24.4 Å². The molecule has 1 aromatic heterocycles. The fourth-order valence-electron chi connectivity index (χ4n) is 5.07. The van der Waals surface area contributed by atoms with Crippen molar-refractivity contribution in [1.82, 2.24) is 9.63 Å². The first-order chi connectivity index (χ1) is 19.6. The number of hydrogen-bond acceptors (Lipinski definition) is 13. The zero-order valence-electron chi connectivity index (χ0n) is 23.5. The van der Waals surface area contributed by atoms with Crippen molar-refractivity contribution < 1.29 is 59.6 Å². The first kappa shape index (κ1) is 33.5. The van der Waals surface area contributed by atoms with Crippen LogP contribution in [0.15, 0.2) is 12.1 Å². The van der Waals surface area contributed by atoms with E-state index in [0.717, 1.165) is 6.42 Å². The quantitative estimate of drug-likeness (QED) is 0.119. The Balaban J connectivity index is 1.43. The molecule has 236 valence electrons. The first-order valence-electron chi connectivity index (χ1n) is 14.4. The Morgan fingerprint density at radius 1 is 0.951 bits per heavy atom. The van der Waals surface area contributed by atoms with Gasteiger partial charge in [-0.1, -0.05) is 6.42 Å². The molecule has 8 atom stereocenters. The van der Waals surface area contributed by atoms with E-state index in [1.807, 2.05) is 0 Å². The smallest absolute Gasteiger partial charge is 0.333 e. The Labute approximate surface area is 239 Å². The maximum Gasteiger partial charge on any atom is 0.333 e. The summed E-state index contributed by atoms with van der Waals surface area (Å²) in [6.07, 6.45) is -2.47. The number of aromatic hydroxyl groups is 2. The van der Waals surface area contributed by atoms with Gasteiger partial charge in [0.15, 0.2) is 6.29 Å². The second kappa shape index (κ2) is 16.6. The molecule has 41 heavy (non-hydrogen) atoms. The minimum atomic E-state index is -1.27. The molecule has 2 aliphatic rings. The lowest BCUT2D eigenvalue weighted by Gasteiger charge is -2.39. The van der Waals surface area contributed by atoms with Gasteiger partial charge in [-0.25, -0.2) is 4.79 Å². The molecular formula is C27H46N2O12. The maximum absolute atomic E-state index is 12.1. The zero-order chi connectivity index (χ0) is 29.9. The molecule has 0 saturated carbocycles. The third kappa shape index (κ3) is 10.0. The van der Waals surface area contributed by atoms with E-state index < -0.39 is 48.9 Å². The fourth-order valence-corrected chi connectivity index (χ4v) is 5.07. The molecule has 2 saturated heterocycles. The topological polar surface area (TPSA) is 204 Å². The van der Waals surface area contributed by atoms with Gasteiger partial charge in [0.05, 0.1) is 31.5 Å². The second-order valence-corrected chi connectivity index (χ2v) is 10.8. The van der Waals surface area contributed by atoms with Crippen LogP contribution in [-0.2, 0) is 19.0 Å².